The summed E-state index contributed by atoms with van der Waals surface area (Å²) in [6.45, 7) is 15.4. The van der Waals surface area contributed by atoms with Crippen molar-refractivity contribution in [3.05, 3.63) is 69.4 Å². The van der Waals surface area contributed by atoms with Gasteiger partial charge in [-0.25, -0.2) is 4.79 Å². The van der Waals surface area contributed by atoms with Gasteiger partial charge < -0.3 is 24.4 Å². The van der Waals surface area contributed by atoms with Crippen LogP contribution in [0.3, 0.4) is 0 Å². The van der Waals surface area contributed by atoms with E-state index in [-0.39, 0.29) is 40.8 Å². The molecule has 3 heterocycles. The third-order valence-electron chi connectivity index (χ3n) is 10.5. The number of hydrogen-bond acceptors (Lipinski definition) is 7. The molecule has 2 fully saturated rings. The number of fused-ring (bicyclic) bond motifs is 2. The number of allylic oxidation sites excluding steroid dienone is 5. The lowest BCUT2D eigenvalue weighted by atomic mass is 9.51. The molecular weight excluding hydrogens is 584 g/mol. The van der Waals surface area contributed by atoms with Crippen molar-refractivity contribution in [3.8, 4) is 17.2 Å². The second kappa shape index (κ2) is 10.6. The van der Waals surface area contributed by atoms with Gasteiger partial charge in [-0.15, -0.1) is 0 Å². The molecule has 4 unspecified atom stereocenters. The Morgan fingerprint density at radius 2 is 1.70 bits per heavy atom. The van der Waals surface area contributed by atoms with Gasteiger partial charge in [-0.05, 0) is 93.2 Å². The standard InChI is InChI=1S/C38H44O8/c1-20(2)10-9-15-36(8)16-14-24-29(39)28-30(40)26-18-23-19-27-35(6,7)46-37(33(23)41,17-13-22(5)34(42)43)38(26,27)45-32(28)25(31(24)44-36)12-11-21(3)4/h10-11,13-14,16,18,23,27,39H,9,12,15,17,19H2,1-8H3,(H,42,43)/b22-13-/t23?,27?,36-,37?,38?/m0/s1. The molecule has 0 aromatic heterocycles. The van der Waals surface area contributed by atoms with Gasteiger partial charge in [0.05, 0.1) is 11.2 Å². The van der Waals surface area contributed by atoms with E-state index in [1.807, 2.05) is 52.8 Å². The minimum Gasteiger partial charge on any atom is -0.506 e. The lowest BCUT2D eigenvalue weighted by molar-refractivity contribution is -0.171. The summed E-state index contributed by atoms with van der Waals surface area (Å²) in [6, 6.07) is 0. The summed E-state index contributed by atoms with van der Waals surface area (Å²) < 4.78 is 20.6. The number of carbonyl (C=O) groups excluding carboxylic acids is 2. The van der Waals surface area contributed by atoms with E-state index in [0.29, 0.717) is 41.7 Å². The van der Waals surface area contributed by atoms with Crippen molar-refractivity contribution in [2.24, 2.45) is 11.8 Å². The van der Waals surface area contributed by atoms with Crippen molar-refractivity contribution in [2.75, 3.05) is 0 Å². The number of phenols is 1. The molecule has 3 aliphatic heterocycles. The summed E-state index contributed by atoms with van der Waals surface area (Å²) in [7, 11) is 0. The Balaban J connectivity index is 1.59. The third kappa shape index (κ3) is 4.47. The van der Waals surface area contributed by atoms with E-state index >= 15 is 0 Å². The molecule has 1 aromatic rings. The fourth-order valence-corrected chi connectivity index (χ4v) is 8.17. The first-order valence-corrected chi connectivity index (χ1v) is 16.2. The molecule has 0 amide bonds. The van der Waals surface area contributed by atoms with Crippen LogP contribution < -0.4 is 9.47 Å². The Morgan fingerprint density at radius 3 is 2.35 bits per heavy atom. The number of phenolic OH excluding ortho intramolecular Hbond substituents is 1. The van der Waals surface area contributed by atoms with Crippen LogP contribution in [0.2, 0.25) is 0 Å². The van der Waals surface area contributed by atoms with Gasteiger partial charge in [0, 0.05) is 35.0 Å². The van der Waals surface area contributed by atoms with Crippen molar-refractivity contribution in [3.63, 3.8) is 0 Å². The van der Waals surface area contributed by atoms with Gasteiger partial charge in [0.1, 0.15) is 28.4 Å². The average molecular weight is 629 g/mol. The molecule has 7 rings (SSSR count). The first-order chi connectivity index (χ1) is 21.5. The highest BCUT2D eigenvalue weighted by Gasteiger charge is 2.81. The predicted octanol–water partition coefficient (Wildman–Crippen LogP) is 7.24. The molecule has 5 atom stereocenters. The second-order valence-electron chi connectivity index (χ2n) is 14.8. The molecule has 4 bridgehead atoms. The number of aromatic hydroxyl groups is 1. The van der Waals surface area contributed by atoms with E-state index in [9.17, 15) is 24.6 Å². The number of ketones is 2. The van der Waals surface area contributed by atoms with Crippen LogP contribution in [0.1, 0.15) is 103 Å². The second-order valence-corrected chi connectivity index (χ2v) is 14.8. The SMILES string of the molecule is CC(C)=CCC[C@@]1(C)C=Cc2c(O)c3c(c(CC=C(C)C)c2O1)OC12C(=CC4CC1C(C)(C)OC2(C/C=C(/C)C(=O)O)C4=O)C3=O. The highest BCUT2D eigenvalue weighted by atomic mass is 16.6. The van der Waals surface area contributed by atoms with Crippen LogP contribution in [-0.4, -0.2) is 50.2 Å². The number of aliphatic carboxylic acids is 1. The van der Waals surface area contributed by atoms with Crippen molar-refractivity contribution in [2.45, 2.75) is 110 Å². The summed E-state index contributed by atoms with van der Waals surface area (Å²) in [5.74, 6) is -2.28. The van der Waals surface area contributed by atoms with E-state index in [0.717, 1.165) is 12.0 Å². The van der Waals surface area contributed by atoms with Gasteiger partial charge in [0.2, 0.25) is 0 Å². The van der Waals surface area contributed by atoms with Crippen LogP contribution in [0.15, 0.2) is 52.7 Å². The maximum atomic E-state index is 14.7. The fraction of sp³-hybridized carbons (Fsp3) is 0.500. The maximum Gasteiger partial charge on any atom is 0.330 e. The third-order valence-corrected chi connectivity index (χ3v) is 10.5. The lowest BCUT2D eigenvalue weighted by Crippen LogP contribution is -2.72. The monoisotopic (exact) mass is 628 g/mol. The summed E-state index contributed by atoms with van der Waals surface area (Å²) in [4.78, 5) is 40.8. The molecule has 1 saturated heterocycles. The largest absolute Gasteiger partial charge is 0.506 e. The predicted molar refractivity (Wildman–Crippen MR) is 174 cm³/mol. The number of carboxylic acid groups (broad SMARTS) is 1. The molecule has 8 heteroatoms. The van der Waals surface area contributed by atoms with Crippen molar-refractivity contribution in [1.29, 1.82) is 0 Å². The number of benzene rings is 1. The molecule has 0 radical (unpaired) electrons. The average Bonchev–Trinajstić information content (AvgIpc) is 3.12. The van der Waals surface area contributed by atoms with Crippen molar-refractivity contribution >= 4 is 23.6 Å². The summed E-state index contributed by atoms with van der Waals surface area (Å²) in [5, 5.41) is 21.4. The van der Waals surface area contributed by atoms with E-state index in [1.54, 1.807) is 6.08 Å². The molecule has 244 valence electrons. The van der Waals surface area contributed by atoms with E-state index in [1.165, 1.54) is 18.6 Å². The van der Waals surface area contributed by atoms with Crippen LogP contribution in [0.5, 0.6) is 17.2 Å². The Morgan fingerprint density at radius 1 is 1.00 bits per heavy atom. The maximum absolute atomic E-state index is 14.7. The Labute approximate surface area is 270 Å². The van der Waals surface area contributed by atoms with Crippen LogP contribution in [-0.2, 0) is 20.7 Å². The normalized spacial score (nSPS) is 31.2. The van der Waals surface area contributed by atoms with E-state index in [4.69, 9.17) is 14.2 Å². The van der Waals surface area contributed by atoms with Gasteiger partial charge in [0.25, 0.3) is 0 Å². The number of carboxylic acids is 1. The van der Waals surface area contributed by atoms with Crippen LogP contribution in [0, 0.1) is 11.8 Å². The Hall–Kier alpha value is -3.91. The molecular formula is C38H44O8. The first-order valence-electron chi connectivity index (χ1n) is 16.2. The quantitative estimate of drug-likeness (QED) is 0.228. The minimum absolute atomic E-state index is 0.0544. The van der Waals surface area contributed by atoms with Crippen LogP contribution >= 0.6 is 0 Å². The molecule has 1 aromatic carbocycles. The lowest BCUT2D eigenvalue weighted by Gasteiger charge is -2.56. The van der Waals surface area contributed by atoms with Crippen molar-refractivity contribution < 1.29 is 38.8 Å². The molecule has 46 heavy (non-hydrogen) atoms. The molecule has 3 aliphatic carbocycles. The van der Waals surface area contributed by atoms with Gasteiger partial charge >= 0.3 is 5.97 Å². The Bertz CT molecular complexity index is 1730. The van der Waals surface area contributed by atoms with Gasteiger partial charge in [-0.1, -0.05) is 35.5 Å². The highest BCUT2D eigenvalue weighted by molar-refractivity contribution is 6.19. The molecule has 1 saturated carbocycles. The number of ether oxygens (including phenoxy) is 3. The first kappa shape index (κ1) is 32.0. The number of carbonyl (C=O) groups is 3. The summed E-state index contributed by atoms with van der Waals surface area (Å²) >= 11 is 0. The van der Waals surface area contributed by atoms with Crippen LogP contribution in [0.25, 0.3) is 6.08 Å². The minimum atomic E-state index is -1.63. The summed E-state index contributed by atoms with van der Waals surface area (Å²) in [6.07, 6.45) is 13.4. The van der Waals surface area contributed by atoms with Crippen LogP contribution in [0.4, 0.5) is 0 Å². The molecule has 8 nitrogen and oxygen atoms in total. The smallest absolute Gasteiger partial charge is 0.330 e. The summed E-state index contributed by atoms with van der Waals surface area (Å²) in [5.41, 5.74) is -0.952. The molecule has 2 N–H and O–H groups in total. The van der Waals surface area contributed by atoms with Crippen molar-refractivity contribution in [1.82, 2.24) is 0 Å². The van der Waals surface area contributed by atoms with E-state index in [2.05, 4.69) is 19.9 Å². The number of hydrogen-bond donors (Lipinski definition) is 2. The van der Waals surface area contributed by atoms with Gasteiger partial charge in [0.15, 0.2) is 22.8 Å². The zero-order chi connectivity index (χ0) is 33.6. The highest BCUT2D eigenvalue weighted by Crippen LogP contribution is 2.68. The Kier molecular flexibility index (Phi) is 7.36. The number of Topliss-reactive ketones (excluding diaryl/α,β-unsaturated/α-hetero) is 2. The van der Waals surface area contributed by atoms with E-state index < -0.39 is 40.1 Å². The molecule has 6 aliphatic rings. The number of rotatable bonds is 8. The van der Waals surface area contributed by atoms with Gasteiger partial charge in [-0.2, -0.15) is 0 Å². The molecule has 1 spiro atoms. The fourth-order valence-electron chi connectivity index (χ4n) is 8.17. The zero-order valence-electron chi connectivity index (χ0n) is 28.0. The zero-order valence-corrected chi connectivity index (χ0v) is 28.0. The van der Waals surface area contributed by atoms with Gasteiger partial charge in [-0.3, -0.25) is 9.59 Å². The topological polar surface area (TPSA) is 119 Å².